The number of carbonyl (C=O) groups excluding carboxylic acids is 4. The number of halogens is 2. The van der Waals surface area contributed by atoms with Gasteiger partial charge in [0, 0.05) is 30.1 Å². The molecule has 0 bridgehead atoms. The number of ketones is 1. The topological polar surface area (TPSA) is 84.0 Å². The molecule has 2 amide bonds. The lowest BCUT2D eigenvalue weighted by atomic mass is 10.1. The SMILES string of the molecule is O=C(OCC(=O)c1ccc(Cl)cc1Cl)c1ccc(N2C(=O)C[C@H](SC(=S)N3CCCCC3)C2=O)cc1. The summed E-state index contributed by atoms with van der Waals surface area (Å²) < 4.78 is 5.75. The quantitative estimate of drug-likeness (QED) is 0.205. The van der Waals surface area contributed by atoms with Gasteiger partial charge in [0.1, 0.15) is 9.57 Å². The first-order chi connectivity index (χ1) is 17.2. The number of carbonyl (C=O) groups is 4. The molecule has 0 spiro atoms. The van der Waals surface area contributed by atoms with Crippen LogP contribution in [0.25, 0.3) is 0 Å². The molecule has 0 aliphatic carbocycles. The molecule has 7 nitrogen and oxygen atoms in total. The monoisotopic (exact) mass is 564 g/mol. The van der Waals surface area contributed by atoms with Crippen molar-refractivity contribution in [2.24, 2.45) is 0 Å². The number of amides is 2. The summed E-state index contributed by atoms with van der Waals surface area (Å²) in [7, 11) is 0. The number of rotatable bonds is 6. The largest absolute Gasteiger partial charge is 0.454 e. The van der Waals surface area contributed by atoms with Crippen LogP contribution in [0.1, 0.15) is 46.4 Å². The molecule has 0 N–H and O–H groups in total. The number of nitrogens with zero attached hydrogens (tertiary/aromatic N) is 2. The number of hydrogen-bond donors (Lipinski definition) is 0. The summed E-state index contributed by atoms with van der Waals surface area (Å²) in [5, 5.41) is -0.0125. The number of hydrogen-bond acceptors (Lipinski definition) is 7. The number of piperidine rings is 1. The van der Waals surface area contributed by atoms with Crippen molar-refractivity contribution < 1.29 is 23.9 Å². The van der Waals surface area contributed by atoms with E-state index in [4.69, 9.17) is 40.2 Å². The van der Waals surface area contributed by atoms with Crippen molar-refractivity contribution in [2.75, 3.05) is 24.6 Å². The van der Waals surface area contributed by atoms with Crippen molar-refractivity contribution in [1.29, 1.82) is 0 Å². The standard InChI is InChI=1S/C25H22Cl2N2O5S2/c26-16-6-9-18(19(27)12-16)20(30)14-34-24(33)15-4-7-17(8-5-15)29-22(31)13-21(23(29)32)36-25(35)28-10-2-1-3-11-28/h4-9,12,21H,1-3,10-11,13-14H2/t21-/m0/s1. The van der Waals surface area contributed by atoms with Crippen LogP contribution in [0, 0.1) is 0 Å². The van der Waals surface area contributed by atoms with E-state index in [1.807, 2.05) is 0 Å². The number of imide groups is 1. The van der Waals surface area contributed by atoms with Gasteiger partial charge in [-0.2, -0.15) is 0 Å². The van der Waals surface area contributed by atoms with Crippen molar-refractivity contribution in [3.8, 4) is 0 Å². The molecule has 188 valence electrons. The Balaban J connectivity index is 1.35. The Bertz CT molecular complexity index is 1220. The van der Waals surface area contributed by atoms with Gasteiger partial charge in [-0.1, -0.05) is 47.2 Å². The molecule has 2 saturated heterocycles. The minimum absolute atomic E-state index is 0.0661. The fraction of sp³-hybridized carbons (Fsp3) is 0.320. The maximum atomic E-state index is 13.0. The van der Waals surface area contributed by atoms with E-state index >= 15 is 0 Å². The molecule has 2 fully saturated rings. The van der Waals surface area contributed by atoms with Crippen LogP contribution in [0.5, 0.6) is 0 Å². The molecular weight excluding hydrogens is 543 g/mol. The molecule has 0 saturated carbocycles. The molecule has 0 unspecified atom stereocenters. The van der Waals surface area contributed by atoms with Crippen molar-refractivity contribution in [3.05, 3.63) is 63.6 Å². The summed E-state index contributed by atoms with van der Waals surface area (Å²) in [5.74, 6) is -1.84. The smallest absolute Gasteiger partial charge is 0.338 e. The molecule has 2 heterocycles. The van der Waals surface area contributed by atoms with Crippen LogP contribution in [-0.4, -0.2) is 57.7 Å². The van der Waals surface area contributed by atoms with Gasteiger partial charge in [0.25, 0.3) is 0 Å². The van der Waals surface area contributed by atoms with Crippen LogP contribution in [0.15, 0.2) is 42.5 Å². The Morgan fingerprint density at radius 1 is 1.03 bits per heavy atom. The first-order valence-electron chi connectivity index (χ1n) is 11.3. The van der Waals surface area contributed by atoms with Gasteiger partial charge < -0.3 is 9.64 Å². The lowest BCUT2D eigenvalue weighted by Gasteiger charge is -2.29. The fourth-order valence-corrected chi connectivity index (χ4v) is 6.05. The maximum absolute atomic E-state index is 13.0. The number of Topliss-reactive ketones (excluding diaryl/α,β-unsaturated/α-hetero) is 1. The second-order valence-electron chi connectivity index (χ2n) is 8.36. The first-order valence-corrected chi connectivity index (χ1v) is 13.4. The van der Waals surface area contributed by atoms with Gasteiger partial charge in [0.05, 0.1) is 16.3 Å². The van der Waals surface area contributed by atoms with E-state index in [1.54, 1.807) is 0 Å². The van der Waals surface area contributed by atoms with Gasteiger partial charge in [-0.25, -0.2) is 9.69 Å². The summed E-state index contributed by atoms with van der Waals surface area (Å²) in [4.78, 5) is 53.5. The van der Waals surface area contributed by atoms with E-state index in [2.05, 4.69) is 4.90 Å². The van der Waals surface area contributed by atoms with E-state index < -0.39 is 23.6 Å². The zero-order valence-corrected chi connectivity index (χ0v) is 22.2. The van der Waals surface area contributed by atoms with Crippen molar-refractivity contribution in [1.82, 2.24) is 4.90 Å². The second kappa shape index (κ2) is 11.7. The molecule has 2 aliphatic heterocycles. The summed E-state index contributed by atoms with van der Waals surface area (Å²) in [6.07, 6.45) is 3.38. The average Bonchev–Trinajstić information content (AvgIpc) is 3.15. The highest BCUT2D eigenvalue weighted by Gasteiger charge is 2.41. The zero-order chi connectivity index (χ0) is 25.8. The molecule has 0 aromatic heterocycles. The van der Waals surface area contributed by atoms with Crippen LogP contribution >= 0.6 is 47.2 Å². The molecule has 36 heavy (non-hydrogen) atoms. The van der Waals surface area contributed by atoms with Gasteiger partial charge in [-0.3, -0.25) is 14.4 Å². The molecule has 2 aliphatic rings. The van der Waals surface area contributed by atoms with Crippen molar-refractivity contribution >= 4 is 80.8 Å². The number of benzene rings is 2. The van der Waals surface area contributed by atoms with E-state index in [-0.39, 0.29) is 34.4 Å². The summed E-state index contributed by atoms with van der Waals surface area (Å²) in [6.45, 7) is 1.25. The number of esters is 1. The third kappa shape index (κ3) is 6.08. The average molecular weight is 566 g/mol. The Kier molecular flexibility index (Phi) is 8.66. The third-order valence-electron chi connectivity index (χ3n) is 5.89. The molecular formula is C25H22Cl2N2O5S2. The highest BCUT2D eigenvalue weighted by atomic mass is 35.5. The molecule has 2 aromatic rings. The van der Waals surface area contributed by atoms with Gasteiger partial charge in [-0.05, 0) is 61.7 Å². The Labute approximate surface area is 228 Å². The molecule has 0 radical (unpaired) electrons. The van der Waals surface area contributed by atoms with Gasteiger partial charge in [0.15, 0.2) is 6.61 Å². The number of thiocarbonyl (C=S) groups is 1. The highest BCUT2D eigenvalue weighted by molar-refractivity contribution is 8.23. The van der Waals surface area contributed by atoms with Gasteiger partial charge >= 0.3 is 5.97 Å². The Morgan fingerprint density at radius 2 is 1.72 bits per heavy atom. The fourth-order valence-electron chi connectivity index (χ4n) is 3.99. The predicted octanol–water partition coefficient (Wildman–Crippen LogP) is 5.17. The minimum atomic E-state index is -0.723. The lowest BCUT2D eigenvalue weighted by molar-refractivity contribution is -0.121. The number of ether oxygens (including phenoxy) is 1. The highest BCUT2D eigenvalue weighted by Crippen LogP contribution is 2.32. The third-order valence-corrected chi connectivity index (χ3v) is 8.10. The lowest BCUT2D eigenvalue weighted by Crippen LogP contribution is -2.35. The predicted molar refractivity (Wildman–Crippen MR) is 144 cm³/mol. The molecule has 2 aromatic carbocycles. The second-order valence-corrected chi connectivity index (χ2v) is 11.0. The van der Waals surface area contributed by atoms with E-state index in [1.165, 1.54) is 60.6 Å². The minimum Gasteiger partial charge on any atom is -0.454 e. The van der Waals surface area contributed by atoms with Crippen LogP contribution in [0.3, 0.4) is 0 Å². The Morgan fingerprint density at radius 3 is 2.39 bits per heavy atom. The van der Waals surface area contributed by atoms with Crippen LogP contribution < -0.4 is 4.90 Å². The van der Waals surface area contributed by atoms with E-state index in [9.17, 15) is 19.2 Å². The van der Waals surface area contributed by atoms with Crippen LogP contribution in [0.2, 0.25) is 10.0 Å². The normalized spacial score (nSPS) is 17.9. The summed E-state index contributed by atoms with van der Waals surface area (Å²) in [6, 6.07) is 10.3. The van der Waals surface area contributed by atoms with Crippen LogP contribution in [-0.2, 0) is 14.3 Å². The summed E-state index contributed by atoms with van der Waals surface area (Å²) in [5.41, 5.74) is 0.727. The van der Waals surface area contributed by atoms with E-state index in [0.717, 1.165) is 30.8 Å². The maximum Gasteiger partial charge on any atom is 0.338 e. The zero-order valence-electron chi connectivity index (χ0n) is 19.1. The van der Waals surface area contributed by atoms with Crippen LogP contribution in [0.4, 0.5) is 5.69 Å². The number of thioether (sulfide) groups is 1. The number of likely N-dealkylation sites (tertiary alicyclic amines) is 1. The molecule has 11 heteroatoms. The van der Waals surface area contributed by atoms with Crippen molar-refractivity contribution in [2.45, 2.75) is 30.9 Å². The Hall–Kier alpha value is -2.46. The van der Waals surface area contributed by atoms with Crippen molar-refractivity contribution in [3.63, 3.8) is 0 Å². The summed E-state index contributed by atoms with van der Waals surface area (Å²) >= 11 is 18.6. The number of anilines is 1. The van der Waals surface area contributed by atoms with E-state index in [0.29, 0.717) is 15.0 Å². The van der Waals surface area contributed by atoms with Gasteiger partial charge in [-0.15, -0.1) is 0 Å². The molecule has 1 atom stereocenters. The first kappa shape index (κ1) is 26.6. The van der Waals surface area contributed by atoms with Gasteiger partial charge in [0.2, 0.25) is 17.6 Å². The molecule has 4 rings (SSSR count).